The Morgan fingerprint density at radius 2 is 1.60 bits per heavy atom. The highest BCUT2D eigenvalue weighted by Crippen LogP contribution is 2.34. The van der Waals surface area contributed by atoms with Crippen molar-refractivity contribution in [2.45, 2.75) is 110 Å². The number of carbonyl (C=O) groups is 5. The third kappa shape index (κ3) is 12.1. The Balaban J connectivity index is 0.671. The Hall–Kier alpha value is -6.90. The molecule has 5 amide bonds. The van der Waals surface area contributed by atoms with Gasteiger partial charge in [0.15, 0.2) is 0 Å². The van der Waals surface area contributed by atoms with Gasteiger partial charge >= 0.3 is 11.8 Å². The lowest BCUT2D eigenvalue weighted by Gasteiger charge is -2.40. The molecule has 3 aromatic carbocycles. The summed E-state index contributed by atoms with van der Waals surface area (Å²) in [5, 5.41) is 11.2. The molecular weight excluding hydrogens is 991 g/mol. The fourth-order valence-electron chi connectivity index (χ4n) is 11.7. The number of imide groups is 1. The van der Waals surface area contributed by atoms with Crippen LogP contribution in [0.15, 0.2) is 76.9 Å². The molecule has 7 heterocycles. The first-order valence-corrected chi connectivity index (χ1v) is 28.5. The topological polar surface area (TPSA) is 171 Å². The van der Waals surface area contributed by atoms with Crippen LogP contribution in [0.25, 0.3) is 21.5 Å². The summed E-state index contributed by atoms with van der Waals surface area (Å²) >= 11 is 1.69. The number of imidazole rings is 1. The average molecular weight is 1060 g/mol. The number of thiophene rings is 1. The molecule has 0 aliphatic carbocycles. The minimum absolute atomic E-state index is 0.00353. The van der Waals surface area contributed by atoms with Crippen LogP contribution in [0.1, 0.15) is 118 Å². The third-order valence-electron chi connectivity index (χ3n) is 16.3. The molecule has 5 fully saturated rings. The molecule has 5 aliphatic rings. The number of hydrogen-bond donors (Lipinski definition) is 3. The number of aryl methyl sites for hydroxylation is 2. The van der Waals surface area contributed by atoms with Crippen molar-refractivity contribution in [1.29, 1.82) is 0 Å². The number of likely N-dealkylation sites (tertiary alicyclic amines) is 3. The lowest BCUT2D eigenvalue weighted by Crippen LogP contribution is -2.57. The molecule has 17 heteroatoms. The maximum absolute atomic E-state index is 13.8. The van der Waals surface area contributed by atoms with Crippen LogP contribution in [0.3, 0.4) is 0 Å². The van der Waals surface area contributed by atoms with Crippen molar-refractivity contribution in [2.24, 2.45) is 24.8 Å². The molecule has 5 saturated heterocycles. The molecule has 2 atom stereocenters. The number of nitrogens with zero attached hydrogens (tertiary/aromatic N) is 6. The Kier molecular flexibility index (Phi) is 15.7. The van der Waals surface area contributed by atoms with Gasteiger partial charge in [0, 0.05) is 104 Å². The van der Waals surface area contributed by atoms with E-state index < -0.39 is 17.6 Å². The number of anilines is 2. The first-order chi connectivity index (χ1) is 36.9. The Morgan fingerprint density at radius 1 is 0.844 bits per heavy atom. The normalized spacial score (nSPS) is 19.8. The fourth-order valence-corrected chi connectivity index (χ4v) is 12.5. The van der Waals surface area contributed by atoms with E-state index in [9.17, 15) is 28.8 Å². The minimum atomic E-state index is -0.719. The van der Waals surface area contributed by atoms with E-state index >= 15 is 0 Å². The number of rotatable bonds is 11. The van der Waals surface area contributed by atoms with E-state index in [1.807, 2.05) is 71.0 Å². The Morgan fingerprint density at radius 3 is 2.30 bits per heavy atom. The lowest BCUT2D eigenvalue weighted by atomic mass is 9.90. The van der Waals surface area contributed by atoms with Gasteiger partial charge in [-0.1, -0.05) is 30.0 Å². The molecule has 5 aromatic rings. The summed E-state index contributed by atoms with van der Waals surface area (Å²) in [6, 6.07) is 21.4. The number of hydrogen-bond acceptors (Lipinski definition) is 11. The number of carbonyl (C=O) groups excluding carboxylic acids is 5. The highest BCUT2D eigenvalue weighted by molar-refractivity contribution is 7.13. The summed E-state index contributed by atoms with van der Waals surface area (Å²) in [4.78, 5) is 87.6. The van der Waals surface area contributed by atoms with Crippen molar-refractivity contribution in [2.75, 3.05) is 69.1 Å². The number of aromatic nitrogens is 2. The second-order valence-electron chi connectivity index (χ2n) is 23.0. The van der Waals surface area contributed by atoms with Gasteiger partial charge in [-0.3, -0.25) is 33.6 Å². The first kappa shape index (κ1) is 53.5. The molecular formula is C60H73N9O7S. The zero-order valence-corrected chi connectivity index (χ0v) is 46.2. The van der Waals surface area contributed by atoms with Gasteiger partial charge < -0.3 is 35.0 Å². The molecule has 0 spiro atoms. The second kappa shape index (κ2) is 22.6. The molecule has 77 heavy (non-hydrogen) atoms. The molecule has 3 N–H and O–H groups in total. The summed E-state index contributed by atoms with van der Waals surface area (Å²) in [6.45, 7) is 16.8. The molecule has 0 bridgehead atoms. The molecule has 406 valence electrons. The van der Waals surface area contributed by atoms with Gasteiger partial charge in [-0.2, -0.15) is 0 Å². The Bertz CT molecular complexity index is 3150. The van der Waals surface area contributed by atoms with Gasteiger partial charge in [-0.05, 0) is 164 Å². The van der Waals surface area contributed by atoms with Gasteiger partial charge in [0.25, 0.3) is 5.91 Å². The van der Waals surface area contributed by atoms with Gasteiger partial charge in [0.1, 0.15) is 11.6 Å². The number of fused-ring (bicyclic) bond motifs is 1. The highest BCUT2D eigenvalue weighted by Gasteiger charge is 2.36. The van der Waals surface area contributed by atoms with Crippen LogP contribution >= 0.6 is 11.3 Å². The molecule has 0 saturated carbocycles. The van der Waals surface area contributed by atoms with E-state index in [2.05, 4.69) is 78.2 Å². The van der Waals surface area contributed by atoms with Gasteiger partial charge in [0.05, 0.1) is 23.1 Å². The second-order valence-corrected chi connectivity index (χ2v) is 23.9. The number of amides is 5. The highest BCUT2D eigenvalue weighted by atomic mass is 32.1. The van der Waals surface area contributed by atoms with Crippen molar-refractivity contribution in [3.05, 3.63) is 105 Å². The largest absolute Gasteiger partial charge is 0.444 e. The smallest absolute Gasteiger partial charge is 0.410 e. The van der Waals surface area contributed by atoms with E-state index in [-0.39, 0.29) is 53.9 Å². The summed E-state index contributed by atoms with van der Waals surface area (Å²) < 4.78 is 8.58. The monoisotopic (exact) mass is 1060 g/mol. The van der Waals surface area contributed by atoms with Crippen molar-refractivity contribution in [3.8, 4) is 22.3 Å². The summed E-state index contributed by atoms with van der Waals surface area (Å²) in [7, 11) is 1.71. The van der Waals surface area contributed by atoms with Crippen molar-refractivity contribution in [1.82, 2.24) is 34.5 Å². The number of nitrogens with one attached hydrogen (secondary N) is 3. The lowest BCUT2D eigenvalue weighted by molar-refractivity contribution is -0.138. The average Bonchev–Trinajstić information content (AvgIpc) is 4.06. The van der Waals surface area contributed by atoms with E-state index in [1.54, 1.807) is 27.9 Å². The fraction of sp³-hybridized carbons (Fsp3) is 0.500. The van der Waals surface area contributed by atoms with Crippen LogP contribution < -0.4 is 26.5 Å². The van der Waals surface area contributed by atoms with Gasteiger partial charge in [0.2, 0.25) is 17.7 Å². The zero-order chi connectivity index (χ0) is 54.1. The van der Waals surface area contributed by atoms with Crippen LogP contribution in [0.4, 0.5) is 16.2 Å². The van der Waals surface area contributed by atoms with Crippen molar-refractivity contribution < 1.29 is 28.7 Å². The van der Waals surface area contributed by atoms with Crippen LogP contribution in [0.2, 0.25) is 0 Å². The van der Waals surface area contributed by atoms with E-state index in [1.165, 1.54) is 4.57 Å². The number of benzene rings is 3. The molecule has 5 aliphatic heterocycles. The minimum Gasteiger partial charge on any atom is -0.444 e. The number of ether oxygens (including phenoxy) is 1. The van der Waals surface area contributed by atoms with Crippen molar-refractivity contribution in [3.63, 3.8) is 0 Å². The summed E-state index contributed by atoms with van der Waals surface area (Å²) in [5.41, 5.74) is 6.97. The van der Waals surface area contributed by atoms with E-state index in [0.717, 1.165) is 128 Å². The molecule has 16 nitrogen and oxygen atoms in total. The van der Waals surface area contributed by atoms with Crippen LogP contribution in [0.5, 0.6) is 0 Å². The third-order valence-corrected chi connectivity index (χ3v) is 17.2. The van der Waals surface area contributed by atoms with Crippen LogP contribution in [-0.2, 0) is 26.2 Å². The summed E-state index contributed by atoms with van der Waals surface area (Å²) in [6.07, 6.45) is 5.84. The van der Waals surface area contributed by atoms with Gasteiger partial charge in [-0.15, -0.1) is 11.3 Å². The first-order valence-electron chi connectivity index (χ1n) is 27.6. The van der Waals surface area contributed by atoms with Crippen LogP contribution in [0, 0.1) is 36.5 Å². The maximum Gasteiger partial charge on any atom is 0.410 e. The van der Waals surface area contributed by atoms with Crippen molar-refractivity contribution >= 4 is 63.5 Å². The van der Waals surface area contributed by atoms with Crippen LogP contribution in [-0.4, -0.2) is 124 Å². The molecule has 10 rings (SSSR count). The maximum atomic E-state index is 13.8. The predicted octanol–water partition coefficient (Wildman–Crippen LogP) is 8.10. The SMILES string of the molecule is Cc1ccc(NC2CN(C(=O)OC(C)(C)C)C2)cc1C(=O)N[C@H](C)c1ccc(C#CC2CCN(CC3CCN(C(=O)C4CCN(c5ccc6c(c5)n(C)c(=O)n6C5CCC(=O)NC5=O)CC4)CC3)CC2)c(-c2cccs2)c1. The summed E-state index contributed by atoms with van der Waals surface area (Å²) in [5.74, 6) is 7.50. The van der Waals surface area contributed by atoms with E-state index in [4.69, 9.17) is 4.74 Å². The van der Waals surface area contributed by atoms with Gasteiger partial charge in [-0.25, -0.2) is 9.59 Å². The van der Waals surface area contributed by atoms with E-state index in [0.29, 0.717) is 42.4 Å². The zero-order valence-electron chi connectivity index (χ0n) is 45.4. The quantitative estimate of drug-likeness (QED) is 0.0868. The molecule has 1 unspecified atom stereocenters. The number of piperidine rings is 4. The molecule has 2 aromatic heterocycles. The Labute approximate surface area is 455 Å². The standard InChI is InChI=1S/C60H73N9O7S/c1-38-9-14-45(62-46-36-68(37-46)59(75)76-60(3,4)5)33-48(38)55(71)61-39(2)44-13-12-42(49(32-44)53-8-7-31-77-53)11-10-40-19-25-65(26-20-40)35-41-21-27-67(28-22-41)57(73)43-23-29-66(30-24-43)47-15-16-50-52(34-47)64(6)58(74)69(50)51-17-18-54(70)63-56(51)72/h7-9,12-16,31-34,39-41,43,46,51,62H,17-30,35-37H2,1-6H3,(H,61,71)(H,63,70,72)/t39-,51?/m1/s1. The predicted molar refractivity (Wildman–Crippen MR) is 301 cm³/mol. The molecule has 0 radical (unpaired) electrons.